The maximum atomic E-state index is 14.3. The van der Waals surface area contributed by atoms with Gasteiger partial charge in [-0.25, -0.2) is 4.39 Å². The minimum atomic E-state index is -4.64. The number of nitrogens with one attached hydrogen (secondary N) is 1. The number of hydrogen-bond acceptors (Lipinski definition) is 4. The maximum absolute atomic E-state index is 14.3. The molecule has 1 aliphatic heterocycles. The Kier molecular flexibility index (Phi) is 5.85. The zero-order valence-electron chi connectivity index (χ0n) is 14.6. The zero-order valence-corrected chi connectivity index (χ0v) is 14.6. The van der Waals surface area contributed by atoms with Gasteiger partial charge in [-0.05, 0) is 37.1 Å². The molecular formula is C19H18F4N2O3. The average molecular weight is 398 g/mol. The van der Waals surface area contributed by atoms with Gasteiger partial charge in [0.05, 0.1) is 11.7 Å². The van der Waals surface area contributed by atoms with Gasteiger partial charge >= 0.3 is 6.18 Å². The summed E-state index contributed by atoms with van der Waals surface area (Å²) in [6.07, 6.45) is -4.33. The predicted molar refractivity (Wildman–Crippen MR) is 93.5 cm³/mol. The largest absolute Gasteiger partial charge is 0.454 e. The topological polar surface area (TPSA) is 73.6 Å². The van der Waals surface area contributed by atoms with Gasteiger partial charge in [0.1, 0.15) is 11.9 Å². The van der Waals surface area contributed by atoms with Crippen LogP contribution >= 0.6 is 0 Å². The number of benzene rings is 2. The van der Waals surface area contributed by atoms with E-state index in [2.05, 4.69) is 5.32 Å². The number of nitrogens with two attached hydrogens (primary N) is 1. The van der Waals surface area contributed by atoms with Gasteiger partial charge in [-0.15, -0.1) is 0 Å². The second kappa shape index (κ2) is 8.15. The Hall–Kier alpha value is -2.65. The Morgan fingerprint density at radius 2 is 1.93 bits per heavy atom. The third-order valence-corrected chi connectivity index (χ3v) is 4.27. The standard InChI is InChI=1S/C19H18F4N2O3/c20-14-9-11(25-18(26)17-8-6-12(10-24)27-17)5-7-16(14)28-15-4-2-1-3-13(15)19(21,22)23/h1-5,7,9,12,17H,6,8,10,24H2,(H,25,26)/t12-,17+/m1/s1. The second-order valence-electron chi connectivity index (χ2n) is 6.29. The molecule has 3 N–H and O–H groups in total. The van der Waals surface area contributed by atoms with Crippen molar-refractivity contribution in [3.05, 3.63) is 53.8 Å². The number of carbonyl (C=O) groups is 1. The SMILES string of the molecule is NC[C@H]1CC[C@@H](C(=O)Nc2ccc(Oc3ccccc3C(F)(F)F)c(F)c2)O1. The number of rotatable bonds is 5. The Bertz CT molecular complexity index is 857. The van der Waals surface area contributed by atoms with Crippen molar-refractivity contribution >= 4 is 11.6 Å². The third-order valence-electron chi connectivity index (χ3n) is 4.27. The third kappa shape index (κ3) is 4.60. The quantitative estimate of drug-likeness (QED) is 0.745. The Morgan fingerprint density at radius 3 is 2.57 bits per heavy atom. The number of ether oxygens (including phenoxy) is 2. The van der Waals surface area contributed by atoms with Gasteiger partial charge in [0.25, 0.3) is 5.91 Å². The molecule has 0 bridgehead atoms. The van der Waals surface area contributed by atoms with E-state index in [1.807, 2.05) is 0 Å². The predicted octanol–water partition coefficient (Wildman–Crippen LogP) is 4.08. The van der Waals surface area contributed by atoms with Crippen LogP contribution in [0.1, 0.15) is 18.4 Å². The highest BCUT2D eigenvalue weighted by Gasteiger charge is 2.34. The van der Waals surface area contributed by atoms with E-state index < -0.39 is 41.1 Å². The number of hydrogen-bond donors (Lipinski definition) is 2. The summed E-state index contributed by atoms with van der Waals surface area (Å²) < 4.78 is 63.9. The first-order valence-corrected chi connectivity index (χ1v) is 8.58. The van der Waals surface area contributed by atoms with Crippen LogP contribution < -0.4 is 15.8 Å². The van der Waals surface area contributed by atoms with E-state index in [4.69, 9.17) is 15.2 Å². The van der Waals surface area contributed by atoms with Crippen LogP contribution in [0.4, 0.5) is 23.2 Å². The molecule has 150 valence electrons. The number of carbonyl (C=O) groups excluding carboxylic acids is 1. The Balaban J connectivity index is 1.71. The Labute approximate surface area is 158 Å². The fraction of sp³-hybridized carbons (Fsp3) is 0.316. The van der Waals surface area contributed by atoms with Crippen molar-refractivity contribution in [2.24, 2.45) is 5.73 Å². The molecule has 1 amide bonds. The van der Waals surface area contributed by atoms with Crippen LogP contribution in [0, 0.1) is 5.82 Å². The van der Waals surface area contributed by atoms with Gasteiger partial charge < -0.3 is 20.5 Å². The molecule has 2 aromatic carbocycles. The van der Waals surface area contributed by atoms with Gasteiger partial charge in [0.2, 0.25) is 0 Å². The normalized spacial score (nSPS) is 19.5. The monoisotopic (exact) mass is 398 g/mol. The van der Waals surface area contributed by atoms with E-state index in [9.17, 15) is 22.4 Å². The lowest BCUT2D eigenvalue weighted by Gasteiger charge is -2.15. The number of alkyl halides is 3. The maximum Gasteiger partial charge on any atom is 0.419 e. The molecule has 3 rings (SSSR count). The van der Waals surface area contributed by atoms with Crippen LogP contribution in [0.25, 0.3) is 0 Å². The molecule has 1 heterocycles. The van der Waals surface area contributed by atoms with E-state index in [1.54, 1.807) is 0 Å². The molecule has 9 heteroatoms. The summed E-state index contributed by atoms with van der Waals surface area (Å²) in [5.74, 6) is -2.26. The molecule has 0 spiro atoms. The van der Waals surface area contributed by atoms with Crippen LogP contribution in [-0.4, -0.2) is 24.7 Å². The zero-order chi connectivity index (χ0) is 20.3. The van der Waals surface area contributed by atoms with Crippen molar-refractivity contribution in [2.45, 2.75) is 31.2 Å². The van der Waals surface area contributed by atoms with Gasteiger partial charge in [0, 0.05) is 18.3 Å². The number of para-hydroxylation sites is 1. The van der Waals surface area contributed by atoms with Crippen LogP contribution in [0.5, 0.6) is 11.5 Å². The molecular weight excluding hydrogens is 380 g/mol. The van der Waals surface area contributed by atoms with Crippen molar-refractivity contribution in [3.63, 3.8) is 0 Å². The van der Waals surface area contributed by atoms with Gasteiger partial charge in [-0.3, -0.25) is 4.79 Å². The first-order valence-electron chi connectivity index (χ1n) is 8.58. The van der Waals surface area contributed by atoms with Crippen molar-refractivity contribution in [1.29, 1.82) is 0 Å². The number of halogens is 4. The highest BCUT2D eigenvalue weighted by molar-refractivity contribution is 5.94. The van der Waals surface area contributed by atoms with E-state index in [0.29, 0.717) is 19.4 Å². The molecule has 1 saturated heterocycles. The van der Waals surface area contributed by atoms with E-state index >= 15 is 0 Å². The van der Waals surface area contributed by atoms with Gasteiger partial charge in [0.15, 0.2) is 11.6 Å². The average Bonchev–Trinajstić information content (AvgIpc) is 3.13. The molecule has 1 fully saturated rings. The first-order chi connectivity index (χ1) is 13.3. The molecule has 0 aliphatic carbocycles. The molecule has 0 radical (unpaired) electrons. The summed E-state index contributed by atoms with van der Waals surface area (Å²) >= 11 is 0. The summed E-state index contributed by atoms with van der Waals surface area (Å²) in [6.45, 7) is 0.309. The first kappa shape index (κ1) is 20.1. The van der Waals surface area contributed by atoms with Crippen molar-refractivity contribution < 1.29 is 31.8 Å². The molecule has 2 aromatic rings. The fourth-order valence-corrected chi connectivity index (χ4v) is 2.86. The summed E-state index contributed by atoms with van der Waals surface area (Å²) in [5, 5.41) is 2.52. The van der Waals surface area contributed by atoms with E-state index in [1.165, 1.54) is 18.2 Å². The van der Waals surface area contributed by atoms with E-state index in [-0.39, 0.29) is 11.8 Å². The van der Waals surface area contributed by atoms with Crippen LogP contribution in [0.2, 0.25) is 0 Å². The molecule has 5 nitrogen and oxygen atoms in total. The molecule has 0 saturated carbocycles. The highest BCUT2D eigenvalue weighted by Crippen LogP contribution is 2.38. The summed E-state index contributed by atoms with van der Waals surface area (Å²) in [7, 11) is 0. The second-order valence-corrected chi connectivity index (χ2v) is 6.29. The summed E-state index contributed by atoms with van der Waals surface area (Å²) in [5.41, 5.74) is 4.62. The van der Waals surface area contributed by atoms with Crippen molar-refractivity contribution in [3.8, 4) is 11.5 Å². The lowest BCUT2D eigenvalue weighted by atomic mass is 10.2. The fourth-order valence-electron chi connectivity index (χ4n) is 2.86. The summed E-state index contributed by atoms with van der Waals surface area (Å²) in [4.78, 5) is 12.2. The van der Waals surface area contributed by atoms with Gasteiger partial charge in [-0.2, -0.15) is 13.2 Å². The summed E-state index contributed by atoms with van der Waals surface area (Å²) in [6, 6.07) is 7.97. The van der Waals surface area contributed by atoms with Crippen LogP contribution in [-0.2, 0) is 15.7 Å². The molecule has 0 aromatic heterocycles. The molecule has 28 heavy (non-hydrogen) atoms. The van der Waals surface area contributed by atoms with Crippen LogP contribution in [0.15, 0.2) is 42.5 Å². The Morgan fingerprint density at radius 1 is 1.18 bits per heavy atom. The number of amides is 1. The van der Waals surface area contributed by atoms with Crippen molar-refractivity contribution in [1.82, 2.24) is 0 Å². The van der Waals surface area contributed by atoms with Crippen molar-refractivity contribution in [2.75, 3.05) is 11.9 Å². The molecule has 2 atom stereocenters. The molecule has 0 unspecified atom stereocenters. The lowest BCUT2D eigenvalue weighted by molar-refractivity contribution is -0.138. The smallest absolute Gasteiger partial charge is 0.419 e. The van der Waals surface area contributed by atoms with Gasteiger partial charge in [-0.1, -0.05) is 12.1 Å². The minimum Gasteiger partial charge on any atom is -0.454 e. The number of anilines is 1. The molecule has 1 aliphatic rings. The minimum absolute atomic E-state index is 0.138. The van der Waals surface area contributed by atoms with E-state index in [0.717, 1.165) is 24.3 Å². The van der Waals surface area contributed by atoms with Crippen LogP contribution in [0.3, 0.4) is 0 Å². The lowest BCUT2D eigenvalue weighted by Crippen LogP contribution is -2.29. The highest BCUT2D eigenvalue weighted by atomic mass is 19.4.